The summed E-state index contributed by atoms with van der Waals surface area (Å²) in [5.41, 5.74) is -0.118. The summed E-state index contributed by atoms with van der Waals surface area (Å²) in [4.78, 5) is 11.1. The van der Waals surface area contributed by atoms with Crippen LogP contribution in [-0.2, 0) is 6.54 Å². The van der Waals surface area contributed by atoms with Crippen LogP contribution in [0.3, 0.4) is 0 Å². The highest BCUT2D eigenvalue weighted by molar-refractivity contribution is 4.75. The van der Waals surface area contributed by atoms with Crippen molar-refractivity contribution in [2.75, 3.05) is 6.54 Å². The molecule has 2 N–H and O–H groups in total. The summed E-state index contributed by atoms with van der Waals surface area (Å²) >= 11 is 0. The van der Waals surface area contributed by atoms with Gasteiger partial charge in [-0.05, 0) is 19.4 Å². The molecule has 5 heteroatoms. The van der Waals surface area contributed by atoms with Crippen molar-refractivity contribution >= 4 is 0 Å². The Balaban J connectivity index is 1.97. The zero-order chi connectivity index (χ0) is 9.10. The lowest BCUT2D eigenvalue weighted by atomic mass is 10.1. The third-order valence-electron chi connectivity index (χ3n) is 2.45. The zero-order valence-corrected chi connectivity index (χ0v) is 7.49. The molecule has 72 valence electrons. The minimum atomic E-state index is -0.118. The Morgan fingerprint density at radius 3 is 3.15 bits per heavy atom. The molecule has 5 nitrogen and oxygen atoms in total. The van der Waals surface area contributed by atoms with Gasteiger partial charge in [-0.25, -0.2) is 9.89 Å². The fourth-order valence-electron chi connectivity index (χ4n) is 1.72. The minimum absolute atomic E-state index is 0.118. The van der Waals surface area contributed by atoms with Gasteiger partial charge in [0.05, 0.1) is 0 Å². The molecule has 1 aliphatic rings. The van der Waals surface area contributed by atoms with E-state index in [1.165, 1.54) is 12.8 Å². The second-order valence-electron chi connectivity index (χ2n) is 3.46. The first-order valence-electron chi connectivity index (χ1n) is 4.69. The molecule has 1 unspecified atom stereocenters. The molecule has 1 aromatic rings. The molecule has 0 spiro atoms. The van der Waals surface area contributed by atoms with Crippen LogP contribution in [0.5, 0.6) is 0 Å². The molecule has 0 aliphatic carbocycles. The van der Waals surface area contributed by atoms with Crippen LogP contribution < -0.4 is 11.0 Å². The van der Waals surface area contributed by atoms with Gasteiger partial charge in [-0.3, -0.25) is 4.57 Å². The van der Waals surface area contributed by atoms with E-state index in [-0.39, 0.29) is 5.69 Å². The van der Waals surface area contributed by atoms with Gasteiger partial charge < -0.3 is 5.32 Å². The predicted molar refractivity (Wildman–Crippen MR) is 48.5 cm³/mol. The van der Waals surface area contributed by atoms with Crippen LogP contribution in [0.4, 0.5) is 0 Å². The summed E-state index contributed by atoms with van der Waals surface area (Å²) in [6.45, 7) is 1.80. The number of rotatable bonds is 2. The first-order chi connectivity index (χ1) is 6.36. The van der Waals surface area contributed by atoms with Crippen LogP contribution in [-0.4, -0.2) is 27.4 Å². The third-order valence-corrected chi connectivity index (χ3v) is 2.45. The molecule has 0 amide bonds. The van der Waals surface area contributed by atoms with Crippen LogP contribution >= 0.6 is 0 Å². The Kier molecular flexibility index (Phi) is 2.44. The largest absolute Gasteiger partial charge is 0.343 e. The summed E-state index contributed by atoms with van der Waals surface area (Å²) in [5, 5.41) is 9.46. The van der Waals surface area contributed by atoms with Crippen LogP contribution in [0.15, 0.2) is 11.1 Å². The van der Waals surface area contributed by atoms with Gasteiger partial charge in [-0.15, -0.1) is 0 Å². The average molecular weight is 182 g/mol. The SMILES string of the molecule is O=c1[nH]ncn1CC1CCCCN1. The van der Waals surface area contributed by atoms with Gasteiger partial charge in [0.1, 0.15) is 6.33 Å². The zero-order valence-electron chi connectivity index (χ0n) is 7.49. The summed E-state index contributed by atoms with van der Waals surface area (Å²) in [5.74, 6) is 0. The fraction of sp³-hybridized carbons (Fsp3) is 0.750. The van der Waals surface area contributed by atoms with Crippen LogP contribution in [0.2, 0.25) is 0 Å². The van der Waals surface area contributed by atoms with E-state index in [0.717, 1.165) is 19.5 Å². The van der Waals surface area contributed by atoms with E-state index in [9.17, 15) is 4.79 Å². The maximum absolute atomic E-state index is 11.1. The third kappa shape index (κ3) is 1.98. The highest BCUT2D eigenvalue weighted by Gasteiger charge is 2.13. The second kappa shape index (κ2) is 3.74. The van der Waals surface area contributed by atoms with Gasteiger partial charge in [0.2, 0.25) is 0 Å². The first-order valence-corrected chi connectivity index (χ1v) is 4.69. The monoisotopic (exact) mass is 182 g/mol. The lowest BCUT2D eigenvalue weighted by molar-refractivity contribution is 0.360. The summed E-state index contributed by atoms with van der Waals surface area (Å²) < 4.78 is 1.61. The van der Waals surface area contributed by atoms with Crippen molar-refractivity contribution < 1.29 is 0 Å². The van der Waals surface area contributed by atoms with E-state index in [1.54, 1.807) is 10.9 Å². The summed E-state index contributed by atoms with van der Waals surface area (Å²) in [7, 11) is 0. The van der Waals surface area contributed by atoms with Gasteiger partial charge >= 0.3 is 5.69 Å². The van der Waals surface area contributed by atoms with Gasteiger partial charge in [-0.1, -0.05) is 6.42 Å². The smallest absolute Gasteiger partial charge is 0.312 e. The minimum Gasteiger partial charge on any atom is -0.312 e. The van der Waals surface area contributed by atoms with Crippen LogP contribution in [0.1, 0.15) is 19.3 Å². The van der Waals surface area contributed by atoms with E-state index >= 15 is 0 Å². The topological polar surface area (TPSA) is 62.7 Å². The van der Waals surface area contributed by atoms with E-state index in [1.807, 2.05) is 0 Å². The van der Waals surface area contributed by atoms with Crippen molar-refractivity contribution in [3.8, 4) is 0 Å². The molecule has 1 aromatic heterocycles. The van der Waals surface area contributed by atoms with Crippen LogP contribution in [0.25, 0.3) is 0 Å². The molecule has 0 radical (unpaired) electrons. The van der Waals surface area contributed by atoms with Crippen LogP contribution in [0, 0.1) is 0 Å². The van der Waals surface area contributed by atoms with Crippen molar-refractivity contribution in [2.45, 2.75) is 31.8 Å². The molecule has 13 heavy (non-hydrogen) atoms. The number of hydrogen-bond acceptors (Lipinski definition) is 3. The maximum atomic E-state index is 11.1. The highest BCUT2D eigenvalue weighted by Crippen LogP contribution is 2.07. The molecular formula is C8H14N4O. The molecule has 2 rings (SSSR count). The predicted octanol–water partition coefficient (Wildman–Crippen LogP) is -0.287. The number of aromatic amines is 1. The summed E-state index contributed by atoms with van der Waals surface area (Å²) in [6, 6.07) is 0.434. The van der Waals surface area contributed by atoms with Gasteiger partial charge in [0, 0.05) is 12.6 Å². The van der Waals surface area contributed by atoms with Crippen molar-refractivity contribution in [1.82, 2.24) is 20.1 Å². The van der Waals surface area contributed by atoms with E-state index in [0.29, 0.717) is 6.04 Å². The molecular weight excluding hydrogens is 168 g/mol. The lowest BCUT2D eigenvalue weighted by Crippen LogP contribution is -2.39. The van der Waals surface area contributed by atoms with Gasteiger partial charge in [0.15, 0.2) is 0 Å². The van der Waals surface area contributed by atoms with E-state index < -0.39 is 0 Å². The van der Waals surface area contributed by atoms with Gasteiger partial charge in [0.25, 0.3) is 0 Å². The average Bonchev–Trinajstić information content (AvgIpc) is 2.54. The molecule has 1 atom stereocenters. The van der Waals surface area contributed by atoms with Crippen molar-refractivity contribution in [3.63, 3.8) is 0 Å². The molecule has 1 saturated heterocycles. The van der Waals surface area contributed by atoms with Crippen molar-refractivity contribution in [3.05, 3.63) is 16.8 Å². The number of aromatic nitrogens is 3. The number of nitrogens with one attached hydrogen (secondary N) is 2. The number of H-pyrrole nitrogens is 1. The second-order valence-corrected chi connectivity index (χ2v) is 3.46. The summed E-state index contributed by atoms with van der Waals surface area (Å²) in [6.07, 6.45) is 5.21. The van der Waals surface area contributed by atoms with Gasteiger partial charge in [-0.2, -0.15) is 5.10 Å². The first kappa shape index (κ1) is 8.50. The Morgan fingerprint density at radius 2 is 2.54 bits per heavy atom. The molecule has 1 aliphatic heterocycles. The van der Waals surface area contributed by atoms with E-state index in [2.05, 4.69) is 15.5 Å². The van der Waals surface area contributed by atoms with Crippen molar-refractivity contribution in [1.29, 1.82) is 0 Å². The standard InChI is InChI=1S/C8H14N4O/c13-8-11-10-6-12(8)5-7-3-1-2-4-9-7/h6-7,9H,1-5H2,(H,11,13). The number of nitrogens with zero attached hydrogens (tertiary/aromatic N) is 2. The van der Waals surface area contributed by atoms with E-state index in [4.69, 9.17) is 0 Å². The Labute approximate surface area is 76.2 Å². The molecule has 0 saturated carbocycles. The Bertz CT molecular complexity index is 310. The Morgan fingerprint density at radius 1 is 1.62 bits per heavy atom. The quantitative estimate of drug-likeness (QED) is 0.661. The Hall–Kier alpha value is -1.10. The number of hydrogen-bond donors (Lipinski definition) is 2. The molecule has 0 aromatic carbocycles. The lowest BCUT2D eigenvalue weighted by Gasteiger charge is -2.22. The molecule has 2 heterocycles. The van der Waals surface area contributed by atoms with Crippen molar-refractivity contribution in [2.24, 2.45) is 0 Å². The number of piperidine rings is 1. The fourth-order valence-corrected chi connectivity index (χ4v) is 1.72. The molecule has 0 bridgehead atoms. The highest BCUT2D eigenvalue weighted by atomic mass is 16.1. The maximum Gasteiger partial charge on any atom is 0.343 e. The normalized spacial score (nSPS) is 23.2. The molecule has 1 fully saturated rings.